The molecule has 1 aromatic carbocycles. The van der Waals surface area contributed by atoms with Crippen LogP contribution >= 0.6 is 0 Å². The summed E-state index contributed by atoms with van der Waals surface area (Å²) in [6.07, 6.45) is 1.52. The average Bonchev–Trinajstić information content (AvgIpc) is 2.17. The first kappa shape index (κ1) is 9.65. The lowest BCUT2D eigenvalue weighted by Crippen LogP contribution is -2.06. The Labute approximate surface area is 87.8 Å². The molecule has 15 heavy (non-hydrogen) atoms. The Hall–Kier alpha value is -1.90. The second-order valence-electron chi connectivity index (χ2n) is 3.60. The fourth-order valence-corrected chi connectivity index (χ4v) is 1.59. The lowest BCUT2D eigenvalue weighted by molar-refractivity contribution is 1.12. The molecule has 0 amide bonds. The highest BCUT2D eigenvalue weighted by Gasteiger charge is 2.03. The van der Waals surface area contributed by atoms with Crippen LogP contribution in [0.3, 0.4) is 0 Å². The van der Waals surface area contributed by atoms with Crippen LogP contribution in [0.2, 0.25) is 0 Å². The topological polar surface area (TPSA) is 45.8 Å². The Morgan fingerprint density at radius 3 is 2.67 bits per heavy atom. The largest absolute Gasteiger partial charge is 0.307 e. The Morgan fingerprint density at radius 2 is 2.00 bits per heavy atom. The van der Waals surface area contributed by atoms with Gasteiger partial charge in [0.25, 0.3) is 5.56 Å². The van der Waals surface area contributed by atoms with Crippen LogP contribution in [-0.4, -0.2) is 9.97 Å². The highest BCUT2D eigenvalue weighted by Crippen LogP contribution is 2.19. The molecule has 1 aromatic heterocycles. The van der Waals surface area contributed by atoms with Gasteiger partial charge in [-0.3, -0.25) is 4.79 Å². The van der Waals surface area contributed by atoms with E-state index in [2.05, 4.69) is 16.0 Å². The summed E-state index contributed by atoms with van der Waals surface area (Å²) >= 11 is 0. The summed E-state index contributed by atoms with van der Waals surface area (Å²) in [6.45, 7) is 4.05. The van der Waals surface area contributed by atoms with Crippen LogP contribution in [0.5, 0.6) is 0 Å². The maximum Gasteiger partial charge on any atom is 0.251 e. The molecule has 0 saturated heterocycles. The Bertz CT molecular complexity index is 543. The first-order valence-electron chi connectivity index (χ1n) is 4.80. The maximum atomic E-state index is 11.1. The van der Waals surface area contributed by atoms with Gasteiger partial charge in [0, 0.05) is 17.8 Å². The van der Waals surface area contributed by atoms with E-state index >= 15 is 0 Å². The summed E-state index contributed by atoms with van der Waals surface area (Å²) in [7, 11) is 0. The zero-order valence-corrected chi connectivity index (χ0v) is 8.74. The van der Waals surface area contributed by atoms with Gasteiger partial charge in [-0.2, -0.15) is 0 Å². The van der Waals surface area contributed by atoms with Crippen molar-refractivity contribution >= 4 is 0 Å². The molecule has 3 nitrogen and oxygen atoms in total. The van der Waals surface area contributed by atoms with Crippen molar-refractivity contribution in [2.75, 3.05) is 0 Å². The van der Waals surface area contributed by atoms with Gasteiger partial charge in [0.1, 0.15) is 5.82 Å². The number of nitrogens with zero attached hydrogens (tertiary/aromatic N) is 1. The van der Waals surface area contributed by atoms with Crippen LogP contribution in [0.1, 0.15) is 11.1 Å². The Balaban J connectivity index is 2.59. The van der Waals surface area contributed by atoms with Gasteiger partial charge in [-0.25, -0.2) is 4.98 Å². The molecule has 0 unspecified atom stereocenters. The number of hydrogen-bond donors (Lipinski definition) is 1. The van der Waals surface area contributed by atoms with Crippen LogP contribution in [0.25, 0.3) is 11.4 Å². The van der Waals surface area contributed by atoms with E-state index in [4.69, 9.17) is 0 Å². The van der Waals surface area contributed by atoms with E-state index < -0.39 is 0 Å². The molecule has 1 N–H and O–H groups in total. The summed E-state index contributed by atoms with van der Waals surface area (Å²) in [5, 5.41) is 0. The number of nitrogens with one attached hydrogen (secondary N) is 1. The molecule has 3 heteroatoms. The van der Waals surface area contributed by atoms with Crippen LogP contribution in [0.15, 0.2) is 35.3 Å². The van der Waals surface area contributed by atoms with E-state index in [1.807, 2.05) is 26.0 Å². The average molecular weight is 200 g/mol. The molecule has 76 valence electrons. The van der Waals surface area contributed by atoms with Gasteiger partial charge in [-0.15, -0.1) is 0 Å². The van der Waals surface area contributed by atoms with Crippen LogP contribution < -0.4 is 5.56 Å². The van der Waals surface area contributed by atoms with Gasteiger partial charge in [0.05, 0.1) is 0 Å². The van der Waals surface area contributed by atoms with E-state index in [9.17, 15) is 4.79 Å². The van der Waals surface area contributed by atoms with E-state index in [1.54, 1.807) is 0 Å². The number of H-pyrrole nitrogens is 1. The first-order chi connectivity index (χ1) is 7.16. The van der Waals surface area contributed by atoms with E-state index in [-0.39, 0.29) is 5.56 Å². The normalized spacial score (nSPS) is 10.3. The highest BCUT2D eigenvalue weighted by molar-refractivity contribution is 5.60. The van der Waals surface area contributed by atoms with Crippen LogP contribution in [0.4, 0.5) is 0 Å². The third kappa shape index (κ3) is 1.96. The van der Waals surface area contributed by atoms with Crippen molar-refractivity contribution in [1.29, 1.82) is 0 Å². The summed E-state index contributed by atoms with van der Waals surface area (Å²) < 4.78 is 0. The van der Waals surface area contributed by atoms with Crippen LogP contribution in [0, 0.1) is 13.8 Å². The molecule has 2 rings (SSSR count). The number of aryl methyl sites for hydroxylation is 2. The fraction of sp³-hybridized carbons (Fsp3) is 0.167. The van der Waals surface area contributed by atoms with E-state index in [0.29, 0.717) is 5.82 Å². The van der Waals surface area contributed by atoms with Gasteiger partial charge in [-0.1, -0.05) is 23.8 Å². The summed E-state index contributed by atoms with van der Waals surface area (Å²) in [4.78, 5) is 18.0. The molecule has 0 saturated carbocycles. The quantitative estimate of drug-likeness (QED) is 0.765. The van der Waals surface area contributed by atoms with Gasteiger partial charge < -0.3 is 4.98 Å². The third-order valence-corrected chi connectivity index (χ3v) is 2.31. The van der Waals surface area contributed by atoms with Crippen molar-refractivity contribution in [2.45, 2.75) is 13.8 Å². The summed E-state index contributed by atoms with van der Waals surface area (Å²) in [6, 6.07) is 7.47. The predicted octanol–water partition coefficient (Wildman–Crippen LogP) is 2.05. The first-order valence-corrected chi connectivity index (χ1v) is 4.80. The highest BCUT2D eigenvalue weighted by atomic mass is 16.1. The number of aromatic nitrogens is 2. The standard InChI is InChI=1S/C12H12N2O/c1-8-3-4-10(9(2)7-8)12-13-6-5-11(15)14-12/h3-7H,1-2H3,(H,13,14,15). The van der Waals surface area contributed by atoms with Crippen molar-refractivity contribution in [1.82, 2.24) is 9.97 Å². The summed E-state index contributed by atoms with van der Waals surface area (Å²) in [5.41, 5.74) is 3.16. The maximum absolute atomic E-state index is 11.1. The fourth-order valence-electron chi connectivity index (χ4n) is 1.59. The van der Waals surface area contributed by atoms with Crippen molar-refractivity contribution in [3.05, 3.63) is 51.9 Å². The van der Waals surface area contributed by atoms with E-state index in [0.717, 1.165) is 11.1 Å². The number of aromatic amines is 1. The lowest BCUT2D eigenvalue weighted by atomic mass is 10.1. The van der Waals surface area contributed by atoms with Crippen molar-refractivity contribution in [3.63, 3.8) is 0 Å². The second kappa shape index (κ2) is 3.69. The zero-order chi connectivity index (χ0) is 10.8. The molecular formula is C12H12N2O. The van der Waals surface area contributed by atoms with Crippen molar-refractivity contribution in [2.24, 2.45) is 0 Å². The summed E-state index contributed by atoms with van der Waals surface area (Å²) in [5.74, 6) is 0.625. The third-order valence-electron chi connectivity index (χ3n) is 2.31. The van der Waals surface area contributed by atoms with Gasteiger partial charge >= 0.3 is 0 Å². The molecule has 0 spiro atoms. The number of rotatable bonds is 1. The second-order valence-corrected chi connectivity index (χ2v) is 3.60. The van der Waals surface area contributed by atoms with Crippen LogP contribution in [-0.2, 0) is 0 Å². The molecule has 0 aliphatic carbocycles. The molecule has 0 bridgehead atoms. The van der Waals surface area contributed by atoms with Gasteiger partial charge in [0.15, 0.2) is 0 Å². The van der Waals surface area contributed by atoms with Gasteiger partial charge in [0.2, 0.25) is 0 Å². The Morgan fingerprint density at radius 1 is 1.20 bits per heavy atom. The molecule has 0 radical (unpaired) electrons. The molecule has 0 aliphatic heterocycles. The monoisotopic (exact) mass is 200 g/mol. The smallest absolute Gasteiger partial charge is 0.251 e. The van der Waals surface area contributed by atoms with Gasteiger partial charge in [-0.05, 0) is 19.4 Å². The minimum absolute atomic E-state index is 0.125. The molecule has 0 atom stereocenters. The molecule has 1 heterocycles. The zero-order valence-electron chi connectivity index (χ0n) is 8.74. The molecule has 2 aromatic rings. The van der Waals surface area contributed by atoms with Crippen molar-refractivity contribution in [3.8, 4) is 11.4 Å². The van der Waals surface area contributed by atoms with E-state index in [1.165, 1.54) is 17.8 Å². The predicted molar refractivity (Wildman–Crippen MR) is 59.8 cm³/mol. The minimum atomic E-state index is -0.125. The molecule has 0 aliphatic rings. The SMILES string of the molecule is Cc1ccc(-c2nccc(=O)[nH]2)c(C)c1. The molecular weight excluding hydrogens is 188 g/mol. The number of benzene rings is 1. The Kier molecular flexibility index (Phi) is 2.37. The number of hydrogen-bond acceptors (Lipinski definition) is 2. The lowest BCUT2D eigenvalue weighted by Gasteiger charge is -2.05. The molecule has 0 fully saturated rings. The minimum Gasteiger partial charge on any atom is -0.307 e. The van der Waals surface area contributed by atoms with Crippen molar-refractivity contribution < 1.29 is 0 Å².